The summed E-state index contributed by atoms with van der Waals surface area (Å²) in [7, 11) is 0. The van der Waals surface area contributed by atoms with Gasteiger partial charge in [0.1, 0.15) is 5.75 Å². The SMILES string of the molecule is CCOc1ccc(CN2CCCn3cccc3C2c2ccc([N+](=O)[O-])cc2)cc1. The molecule has 0 N–H and O–H groups in total. The van der Waals surface area contributed by atoms with E-state index in [2.05, 4.69) is 39.9 Å². The van der Waals surface area contributed by atoms with Gasteiger partial charge in [-0.2, -0.15) is 0 Å². The predicted molar refractivity (Wildman–Crippen MR) is 112 cm³/mol. The van der Waals surface area contributed by atoms with E-state index in [-0.39, 0.29) is 16.7 Å². The Morgan fingerprint density at radius 3 is 2.52 bits per heavy atom. The molecule has 6 heteroatoms. The lowest BCUT2D eigenvalue weighted by molar-refractivity contribution is -0.384. The number of benzene rings is 2. The highest BCUT2D eigenvalue weighted by Crippen LogP contribution is 2.34. The van der Waals surface area contributed by atoms with Crippen molar-refractivity contribution in [1.29, 1.82) is 0 Å². The molecule has 0 saturated carbocycles. The molecule has 1 aliphatic heterocycles. The maximum atomic E-state index is 11.1. The maximum absolute atomic E-state index is 11.1. The van der Waals surface area contributed by atoms with Crippen LogP contribution < -0.4 is 4.74 Å². The number of nitro benzene ring substituents is 1. The number of non-ortho nitro benzene ring substituents is 1. The maximum Gasteiger partial charge on any atom is 0.269 e. The highest BCUT2D eigenvalue weighted by molar-refractivity contribution is 5.38. The lowest BCUT2D eigenvalue weighted by Gasteiger charge is -2.30. The molecule has 1 atom stereocenters. The number of fused-ring (bicyclic) bond motifs is 1. The van der Waals surface area contributed by atoms with E-state index in [9.17, 15) is 10.1 Å². The first-order valence-electron chi connectivity index (χ1n) is 10.0. The second-order valence-corrected chi connectivity index (χ2v) is 7.28. The Kier molecular flexibility index (Phi) is 5.62. The molecule has 1 aromatic heterocycles. The number of rotatable bonds is 6. The second kappa shape index (κ2) is 8.49. The highest BCUT2D eigenvalue weighted by atomic mass is 16.6. The summed E-state index contributed by atoms with van der Waals surface area (Å²) in [6, 6.07) is 19.5. The van der Waals surface area contributed by atoms with Crippen molar-refractivity contribution >= 4 is 5.69 Å². The molecular weight excluding hydrogens is 366 g/mol. The average Bonchev–Trinajstić information content (AvgIpc) is 3.11. The van der Waals surface area contributed by atoms with Gasteiger partial charge >= 0.3 is 0 Å². The van der Waals surface area contributed by atoms with Crippen LogP contribution in [0, 0.1) is 10.1 Å². The van der Waals surface area contributed by atoms with E-state index >= 15 is 0 Å². The van der Waals surface area contributed by atoms with Crippen LogP contribution in [-0.4, -0.2) is 27.5 Å². The number of ether oxygens (including phenoxy) is 1. The third kappa shape index (κ3) is 4.17. The van der Waals surface area contributed by atoms with Crippen molar-refractivity contribution in [2.75, 3.05) is 13.2 Å². The third-order valence-corrected chi connectivity index (χ3v) is 5.39. The predicted octanol–water partition coefficient (Wildman–Crippen LogP) is 4.79. The van der Waals surface area contributed by atoms with Crippen LogP contribution in [0.4, 0.5) is 5.69 Å². The first kappa shape index (κ1) is 19.2. The molecule has 0 aliphatic carbocycles. The van der Waals surface area contributed by atoms with Gasteiger partial charge in [-0.3, -0.25) is 15.0 Å². The van der Waals surface area contributed by atoms with E-state index in [1.54, 1.807) is 12.1 Å². The fraction of sp³-hybridized carbons (Fsp3) is 0.304. The summed E-state index contributed by atoms with van der Waals surface area (Å²) in [5.74, 6) is 0.882. The van der Waals surface area contributed by atoms with Gasteiger partial charge in [0.25, 0.3) is 5.69 Å². The molecule has 1 aliphatic rings. The summed E-state index contributed by atoms with van der Waals surface area (Å²) in [5.41, 5.74) is 3.64. The van der Waals surface area contributed by atoms with Gasteiger partial charge < -0.3 is 9.30 Å². The number of nitrogens with zero attached hydrogens (tertiary/aromatic N) is 3. The van der Waals surface area contributed by atoms with Crippen LogP contribution in [0.5, 0.6) is 5.75 Å². The standard InChI is InChI=1S/C23H25N3O3/c1-2-29-21-12-6-18(7-13-21)17-25-16-4-15-24-14-3-5-22(24)23(25)19-8-10-20(11-9-19)26(27)28/h3,5-14,23H,2,4,15-17H2,1H3. The van der Waals surface area contributed by atoms with Gasteiger partial charge in [-0.05, 0) is 48.7 Å². The second-order valence-electron chi connectivity index (χ2n) is 7.28. The van der Waals surface area contributed by atoms with Crippen LogP contribution >= 0.6 is 0 Å². The van der Waals surface area contributed by atoms with E-state index in [0.29, 0.717) is 6.61 Å². The van der Waals surface area contributed by atoms with Gasteiger partial charge in [0, 0.05) is 43.7 Å². The van der Waals surface area contributed by atoms with Crippen molar-refractivity contribution in [3.8, 4) is 5.75 Å². The summed E-state index contributed by atoms with van der Waals surface area (Å²) in [4.78, 5) is 13.2. The molecule has 150 valence electrons. The Morgan fingerprint density at radius 1 is 1.07 bits per heavy atom. The fourth-order valence-corrected chi connectivity index (χ4v) is 4.06. The largest absolute Gasteiger partial charge is 0.494 e. The van der Waals surface area contributed by atoms with Gasteiger partial charge in [0.15, 0.2) is 0 Å². The Balaban J connectivity index is 1.66. The Bertz CT molecular complexity index is 964. The molecular formula is C23H25N3O3. The topological polar surface area (TPSA) is 60.5 Å². The molecule has 1 unspecified atom stereocenters. The highest BCUT2D eigenvalue weighted by Gasteiger charge is 2.27. The van der Waals surface area contributed by atoms with E-state index in [4.69, 9.17) is 4.74 Å². The Labute approximate surface area is 170 Å². The van der Waals surface area contributed by atoms with Gasteiger partial charge in [0.2, 0.25) is 0 Å². The minimum absolute atomic E-state index is 0.0554. The van der Waals surface area contributed by atoms with Crippen LogP contribution in [0.1, 0.15) is 36.2 Å². The summed E-state index contributed by atoms with van der Waals surface area (Å²) >= 11 is 0. The minimum Gasteiger partial charge on any atom is -0.494 e. The molecule has 0 amide bonds. The zero-order valence-electron chi connectivity index (χ0n) is 16.5. The van der Waals surface area contributed by atoms with Crippen LogP contribution in [-0.2, 0) is 13.1 Å². The molecule has 0 bridgehead atoms. The van der Waals surface area contributed by atoms with Crippen molar-refractivity contribution in [3.63, 3.8) is 0 Å². The molecule has 4 rings (SSSR count). The summed E-state index contributed by atoms with van der Waals surface area (Å²) in [5, 5.41) is 11.1. The lowest BCUT2D eigenvalue weighted by Crippen LogP contribution is -2.29. The molecule has 0 fully saturated rings. The number of hydrogen-bond acceptors (Lipinski definition) is 4. The Morgan fingerprint density at radius 2 is 1.83 bits per heavy atom. The summed E-state index contributed by atoms with van der Waals surface area (Å²) < 4.78 is 7.85. The van der Waals surface area contributed by atoms with Crippen molar-refractivity contribution in [2.24, 2.45) is 0 Å². The molecule has 6 nitrogen and oxygen atoms in total. The van der Waals surface area contributed by atoms with E-state index in [1.165, 1.54) is 11.3 Å². The van der Waals surface area contributed by atoms with E-state index < -0.39 is 0 Å². The zero-order chi connectivity index (χ0) is 20.2. The summed E-state index contributed by atoms with van der Waals surface area (Å²) in [6.07, 6.45) is 3.18. The third-order valence-electron chi connectivity index (χ3n) is 5.39. The van der Waals surface area contributed by atoms with Crippen molar-refractivity contribution in [3.05, 3.63) is 93.8 Å². The molecule has 0 radical (unpaired) electrons. The molecule has 2 aromatic carbocycles. The summed E-state index contributed by atoms with van der Waals surface area (Å²) in [6.45, 7) is 5.38. The Hall–Kier alpha value is -3.12. The fourth-order valence-electron chi connectivity index (χ4n) is 4.06. The van der Waals surface area contributed by atoms with Crippen LogP contribution in [0.15, 0.2) is 66.9 Å². The van der Waals surface area contributed by atoms with Gasteiger partial charge in [0.05, 0.1) is 17.6 Å². The van der Waals surface area contributed by atoms with Crippen molar-refractivity contribution in [1.82, 2.24) is 9.47 Å². The van der Waals surface area contributed by atoms with Gasteiger partial charge in [-0.1, -0.05) is 24.3 Å². The van der Waals surface area contributed by atoms with Crippen LogP contribution in [0.25, 0.3) is 0 Å². The minimum atomic E-state index is -0.350. The molecule has 29 heavy (non-hydrogen) atoms. The van der Waals surface area contributed by atoms with E-state index in [1.807, 2.05) is 31.2 Å². The number of nitro groups is 1. The number of hydrogen-bond donors (Lipinski definition) is 0. The zero-order valence-corrected chi connectivity index (χ0v) is 16.5. The molecule has 0 spiro atoms. The van der Waals surface area contributed by atoms with Gasteiger partial charge in [-0.25, -0.2) is 0 Å². The first-order valence-corrected chi connectivity index (χ1v) is 10.0. The molecule has 0 saturated heterocycles. The van der Waals surface area contributed by atoms with Crippen molar-refractivity contribution < 1.29 is 9.66 Å². The normalized spacial score (nSPS) is 16.8. The average molecular weight is 391 g/mol. The van der Waals surface area contributed by atoms with Crippen LogP contribution in [0.3, 0.4) is 0 Å². The van der Waals surface area contributed by atoms with Crippen LogP contribution in [0.2, 0.25) is 0 Å². The quantitative estimate of drug-likeness (QED) is 0.448. The number of aryl methyl sites for hydroxylation is 1. The lowest BCUT2D eigenvalue weighted by atomic mass is 10.0. The van der Waals surface area contributed by atoms with E-state index in [0.717, 1.165) is 37.4 Å². The smallest absolute Gasteiger partial charge is 0.269 e. The molecule has 2 heterocycles. The van der Waals surface area contributed by atoms with Crippen molar-refractivity contribution in [2.45, 2.75) is 32.5 Å². The number of aromatic nitrogens is 1. The van der Waals surface area contributed by atoms with Gasteiger partial charge in [-0.15, -0.1) is 0 Å². The monoisotopic (exact) mass is 391 g/mol. The molecule has 3 aromatic rings. The first-order chi connectivity index (χ1) is 14.2.